The van der Waals surface area contributed by atoms with E-state index in [9.17, 15) is 8.42 Å². The Balaban J connectivity index is 0.00000392. The van der Waals surface area contributed by atoms with Crippen LogP contribution in [0.15, 0.2) is 52.5 Å². The third-order valence-electron chi connectivity index (χ3n) is 3.13. The molecule has 0 amide bonds. The zero-order chi connectivity index (χ0) is 19.9. The van der Waals surface area contributed by atoms with Gasteiger partial charge < -0.3 is 14.7 Å². The Bertz CT molecular complexity index is 952. The highest BCUT2D eigenvalue weighted by atomic mass is 35.5. The molecule has 0 spiro atoms. The van der Waals surface area contributed by atoms with Crippen molar-refractivity contribution in [2.75, 3.05) is 6.61 Å². The van der Waals surface area contributed by atoms with Gasteiger partial charge in [0.15, 0.2) is 0 Å². The SMILES string of the molecule is Cc1cc(OCCC=NNC(=N)N)cc(OS(=O)(=O)c2ccccc2Cl)c1.Cl. The summed E-state index contributed by atoms with van der Waals surface area (Å²) in [6, 6.07) is 10.9. The molecule has 4 N–H and O–H groups in total. The molecule has 8 nitrogen and oxygen atoms in total. The van der Waals surface area contributed by atoms with Gasteiger partial charge >= 0.3 is 10.1 Å². The van der Waals surface area contributed by atoms with Crippen molar-refractivity contribution >= 4 is 46.3 Å². The normalized spacial score (nSPS) is 10.9. The van der Waals surface area contributed by atoms with E-state index in [0.29, 0.717) is 18.8 Å². The number of nitrogens with two attached hydrogens (primary N) is 1. The highest BCUT2D eigenvalue weighted by Crippen LogP contribution is 2.28. The summed E-state index contributed by atoms with van der Waals surface area (Å²) in [5.41, 5.74) is 8.14. The van der Waals surface area contributed by atoms with Crippen molar-refractivity contribution < 1.29 is 17.3 Å². The van der Waals surface area contributed by atoms with E-state index in [2.05, 4.69) is 10.5 Å². The molecule has 0 aromatic heterocycles. The molecule has 152 valence electrons. The fourth-order valence-corrected chi connectivity index (χ4v) is 3.48. The van der Waals surface area contributed by atoms with Crippen LogP contribution in [0.2, 0.25) is 5.02 Å². The van der Waals surface area contributed by atoms with Crippen molar-refractivity contribution in [2.45, 2.75) is 18.2 Å². The Labute approximate surface area is 174 Å². The summed E-state index contributed by atoms with van der Waals surface area (Å²) in [7, 11) is -4.07. The van der Waals surface area contributed by atoms with Gasteiger partial charge in [-0.1, -0.05) is 23.7 Å². The van der Waals surface area contributed by atoms with Gasteiger partial charge in [-0.2, -0.15) is 13.5 Å². The zero-order valence-electron chi connectivity index (χ0n) is 14.9. The molecule has 0 fully saturated rings. The van der Waals surface area contributed by atoms with Crippen molar-refractivity contribution in [3.05, 3.63) is 53.1 Å². The number of guanidine groups is 1. The van der Waals surface area contributed by atoms with Crippen LogP contribution in [0.1, 0.15) is 12.0 Å². The minimum Gasteiger partial charge on any atom is -0.493 e. The lowest BCUT2D eigenvalue weighted by atomic mass is 10.2. The van der Waals surface area contributed by atoms with E-state index in [1.54, 1.807) is 31.2 Å². The molecule has 0 atom stereocenters. The van der Waals surface area contributed by atoms with Crippen molar-refractivity contribution in [2.24, 2.45) is 10.8 Å². The van der Waals surface area contributed by atoms with Crippen LogP contribution in [0.3, 0.4) is 0 Å². The van der Waals surface area contributed by atoms with Gasteiger partial charge in [0, 0.05) is 18.7 Å². The number of aryl methyl sites for hydroxylation is 1. The number of rotatable bonds is 8. The number of halogens is 2. The lowest BCUT2D eigenvalue weighted by Gasteiger charge is -2.11. The van der Waals surface area contributed by atoms with E-state index in [0.717, 1.165) is 5.56 Å². The predicted molar refractivity (Wildman–Crippen MR) is 111 cm³/mol. The highest BCUT2D eigenvalue weighted by Gasteiger charge is 2.20. The van der Waals surface area contributed by atoms with Crippen LogP contribution in [0.4, 0.5) is 0 Å². The average Bonchev–Trinajstić information content (AvgIpc) is 2.57. The minimum absolute atomic E-state index is 0. The summed E-state index contributed by atoms with van der Waals surface area (Å²) in [4.78, 5) is -0.107. The first-order chi connectivity index (χ1) is 12.8. The van der Waals surface area contributed by atoms with Crippen molar-refractivity contribution in [1.29, 1.82) is 5.41 Å². The molecular formula is C17H20Cl2N4O4S. The van der Waals surface area contributed by atoms with Crippen LogP contribution in [0, 0.1) is 12.3 Å². The highest BCUT2D eigenvalue weighted by molar-refractivity contribution is 7.87. The fourth-order valence-electron chi connectivity index (χ4n) is 2.07. The van der Waals surface area contributed by atoms with E-state index < -0.39 is 10.1 Å². The number of nitrogens with zero attached hydrogens (tertiary/aromatic N) is 1. The summed E-state index contributed by atoms with van der Waals surface area (Å²) >= 11 is 5.94. The standard InChI is InChI=1S/C17H19ClN4O4S.ClH/c1-12-9-13(25-8-4-7-21-22-17(19)20)11-14(10-12)26-27(23,24)16-6-3-2-5-15(16)18;/h2-3,5-7,9-11H,4,8H2,1H3,(H4,19,20,22);1H. The molecule has 0 aliphatic carbocycles. The molecule has 2 rings (SSSR count). The fraction of sp³-hybridized carbons (Fsp3) is 0.176. The lowest BCUT2D eigenvalue weighted by molar-refractivity contribution is 0.329. The first kappa shape index (κ1) is 23.5. The Morgan fingerprint density at radius 3 is 2.64 bits per heavy atom. The summed E-state index contributed by atoms with van der Waals surface area (Å²) in [6.45, 7) is 2.09. The number of ether oxygens (including phenoxy) is 1. The Hall–Kier alpha value is -2.49. The van der Waals surface area contributed by atoms with Gasteiger partial charge in [-0.05, 0) is 36.8 Å². The van der Waals surface area contributed by atoms with Gasteiger partial charge in [0.25, 0.3) is 0 Å². The smallest absolute Gasteiger partial charge is 0.340 e. The van der Waals surface area contributed by atoms with E-state index >= 15 is 0 Å². The Morgan fingerprint density at radius 2 is 1.96 bits per heavy atom. The molecule has 0 unspecified atom stereocenters. The number of hydrogen-bond donors (Lipinski definition) is 3. The van der Waals surface area contributed by atoms with Crippen LogP contribution in [-0.4, -0.2) is 27.2 Å². The molecular weight excluding hydrogens is 427 g/mol. The van der Waals surface area contributed by atoms with Gasteiger partial charge in [0.1, 0.15) is 16.4 Å². The third kappa shape index (κ3) is 7.26. The molecule has 28 heavy (non-hydrogen) atoms. The minimum atomic E-state index is -4.07. The maximum absolute atomic E-state index is 12.4. The zero-order valence-corrected chi connectivity index (χ0v) is 17.3. The molecule has 0 heterocycles. The number of hydrogen-bond acceptors (Lipinski definition) is 6. The van der Waals surface area contributed by atoms with Crippen molar-refractivity contribution in [1.82, 2.24) is 5.43 Å². The Kier molecular flexibility index (Phi) is 9.04. The summed E-state index contributed by atoms with van der Waals surface area (Å²) < 4.78 is 35.6. The molecule has 0 aliphatic rings. The number of hydrazone groups is 1. The summed E-state index contributed by atoms with van der Waals surface area (Å²) in [5, 5.41) is 10.7. The van der Waals surface area contributed by atoms with Crippen LogP contribution >= 0.6 is 24.0 Å². The monoisotopic (exact) mass is 446 g/mol. The largest absolute Gasteiger partial charge is 0.493 e. The van der Waals surface area contributed by atoms with Gasteiger partial charge in [0.2, 0.25) is 5.96 Å². The molecule has 0 aliphatic heterocycles. The van der Waals surface area contributed by atoms with Crippen LogP contribution in [-0.2, 0) is 10.1 Å². The average molecular weight is 447 g/mol. The first-order valence-electron chi connectivity index (χ1n) is 7.83. The molecule has 0 bridgehead atoms. The molecule has 2 aromatic carbocycles. The third-order valence-corrected chi connectivity index (χ3v) is 4.88. The first-order valence-corrected chi connectivity index (χ1v) is 9.61. The predicted octanol–water partition coefficient (Wildman–Crippen LogP) is 3.08. The van der Waals surface area contributed by atoms with E-state index in [4.69, 9.17) is 31.7 Å². The van der Waals surface area contributed by atoms with Gasteiger partial charge in [-0.25, -0.2) is 5.43 Å². The van der Waals surface area contributed by atoms with Gasteiger partial charge in [0.05, 0.1) is 11.6 Å². The molecule has 0 saturated heterocycles. The molecule has 11 heteroatoms. The summed E-state index contributed by atoms with van der Waals surface area (Å²) in [6.07, 6.45) is 1.97. The van der Waals surface area contributed by atoms with Gasteiger partial charge in [-0.15, -0.1) is 12.4 Å². The van der Waals surface area contributed by atoms with E-state index in [-0.39, 0.29) is 34.0 Å². The number of benzene rings is 2. The Morgan fingerprint density at radius 1 is 1.29 bits per heavy atom. The quantitative estimate of drug-likeness (QED) is 0.188. The van der Waals surface area contributed by atoms with Crippen LogP contribution in [0.5, 0.6) is 11.5 Å². The topological polar surface area (TPSA) is 127 Å². The van der Waals surface area contributed by atoms with Gasteiger partial charge in [-0.3, -0.25) is 5.41 Å². The maximum Gasteiger partial charge on any atom is 0.340 e. The second-order valence-electron chi connectivity index (χ2n) is 5.42. The number of nitrogens with one attached hydrogen (secondary N) is 2. The van der Waals surface area contributed by atoms with Crippen LogP contribution in [0.25, 0.3) is 0 Å². The summed E-state index contributed by atoms with van der Waals surface area (Å²) in [5.74, 6) is 0.316. The molecule has 0 radical (unpaired) electrons. The lowest BCUT2D eigenvalue weighted by Crippen LogP contribution is -2.25. The van der Waals surface area contributed by atoms with Crippen molar-refractivity contribution in [3.8, 4) is 11.5 Å². The van der Waals surface area contributed by atoms with Crippen molar-refractivity contribution in [3.63, 3.8) is 0 Å². The van der Waals surface area contributed by atoms with Crippen LogP contribution < -0.4 is 20.1 Å². The molecule has 2 aromatic rings. The maximum atomic E-state index is 12.4. The molecule has 0 saturated carbocycles. The second kappa shape index (κ2) is 10.7. The van der Waals surface area contributed by atoms with E-state index in [1.165, 1.54) is 24.4 Å². The van der Waals surface area contributed by atoms with E-state index in [1.807, 2.05) is 0 Å². The second-order valence-corrected chi connectivity index (χ2v) is 7.35.